The minimum absolute atomic E-state index is 0.337. The normalized spacial score (nSPS) is 14.0. The molecule has 1 aromatic carbocycles. The second-order valence-corrected chi connectivity index (χ2v) is 4.56. The van der Waals surface area contributed by atoms with E-state index in [0.717, 1.165) is 5.69 Å². The molecule has 0 aliphatic rings. The van der Waals surface area contributed by atoms with Gasteiger partial charge in [0.15, 0.2) is 6.10 Å². The maximum atomic E-state index is 10.8. The van der Waals surface area contributed by atoms with Gasteiger partial charge in [0.1, 0.15) is 6.10 Å². The summed E-state index contributed by atoms with van der Waals surface area (Å²) in [6.45, 7) is 3.39. The lowest BCUT2D eigenvalue weighted by molar-refractivity contribution is -0.153. The lowest BCUT2D eigenvalue weighted by Gasteiger charge is -2.14. The molecule has 0 saturated heterocycles. The number of hydrogen-bond donors (Lipinski definition) is 3. The van der Waals surface area contributed by atoms with Crippen molar-refractivity contribution in [1.29, 1.82) is 0 Å². The minimum atomic E-state index is -1.87. The third-order valence-electron chi connectivity index (χ3n) is 3.20. The summed E-state index contributed by atoms with van der Waals surface area (Å²) in [5.74, 6) is -1.47. The monoisotopic (exact) mass is 276 g/mol. The summed E-state index contributed by atoms with van der Waals surface area (Å²) in [6.07, 6.45) is -3.38. The molecule has 1 heterocycles. The fraction of sp³-hybridized carbons (Fsp3) is 0.286. The number of para-hydroxylation sites is 1. The number of carboxylic acids is 1. The minimum Gasteiger partial charge on any atom is -0.479 e. The zero-order valence-electron chi connectivity index (χ0n) is 11.2. The predicted octanol–water partition coefficient (Wildman–Crippen LogP) is 0.968. The van der Waals surface area contributed by atoms with E-state index in [-0.39, 0.29) is 0 Å². The molecule has 2 unspecified atom stereocenters. The zero-order valence-corrected chi connectivity index (χ0v) is 11.2. The molecule has 3 N–H and O–H groups in total. The lowest BCUT2D eigenvalue weighted by atomic mass is 10.0. The van der Waals surface area contributed by atoms with Gasteiger partial charge in [0.05, 0.1) is 11.4 Å². The molecule has 0 amide bonds. The van der Waals surface area contributed by atoms with Crippen LogP contribution in [-0.4, -0.2) is 37.2 Å². The molecule has 2 atom stereocenters. The molecule has 20 heavy (non-hydrogen) atoms. The summed E-state index contributed by atoms with van der Waals surface area (Å²) in [6, 6.07) is 9.29. The molecule has 0 radical (unpaired) electrons. The largest absolute Gasteiger partial charge is 0.479 e. The number of rotatable bonds is 4. The molecule has 0 saturated carbocycles. The van der Waals surface area contributed by atoms with Gasteiger partial charge < -0.3 is 15.3 Å². The van der Waals surface area contributed by atoms with E-state index in [0.29, 0.717) is 17.0 Å². The highest BCUT2D eigenvalue weighted by Gasteiger charge is 2.30. The molecule has 0 aliphatic heterocycles. The molecule has 0 bridgehead atoms. The maximum absolute atomic E-state index is 10.8. The van der Waals surface area contributed by atoms with Gasteiger partial charge in [-0.05, 0) is 26.0 Å². The number of aromatic nitrogens is 2. The van der Waals surface area contributed by atoms with E-state index in [9.17, 15) is 15.0 Å². The molecular formula is C14H16N2O4. The number of carboxylic acid groups (broad SMARTS) is 1. The average molecular weight is 276 g/mol. The second kappa shape index (κ2) is 5.44. The van der Waals surface area contributed by atoms with E-state index in [1.807, 2.05) is 30.3 Å². The smallest absolute Gasteiger partial charge is 0.335 e. The quantitative estimate of drug-likeness (QED) is 0.773. The maximum Gasteiger partial charge on any atom is 0.335 e. The Balaban J connectivity index is 2.47. The number of aryl methyl sites for hydroxylation is 1. The molecule has 0 aliphatic carbocycles. The number of aliphatic carboxylic acids is 1. The summed E-state index contributed by atoms with van der Waals surface area (Å²) in [5, 5.41) is 32.6. The van der Waals surface area contributed by atoms with Crippen LogP contribution in [0.25, 0.3) is 5.69 Å². The van der Waals surface area contributed by atoms with Crippen LogP contribution in [0.1, 0.15) is 23.1 Å². The SMILES string of the molecule is Cc1nn(-c2ccccc2)c(C)c1C(O)C(O)C(=O)O. The van der Waals surface area contributed by atoms with E-state index in [2.05, 4.69) is 5.10 Å². The predicted molar refractivity (Wildman–Crippen MR) is 71.6 cm³/mol. The van der Waals surface area contributed by atoms with Crippen molar-refractivity contribution >= 4 is 5.97 Å². The van der Waals surface area contributed by atoms with Crippen molar-refractivity contribution < 1.29 is 20.1 Å². The topological polar surface area (TPSA) is 95.6 Å². The highest BCUT2D eigenvalue weighted by Crippen LogP contribution is 2.26. The van der Waals surface area contributed by atoms with Crippen molar-refractivity contribution in [1.82, 2.24) is 9.78 Å². The van der Waals surface area contributed by atoms with Crippen LogP contribution in [0.5, 0.6) is 0 Å². The van der Waals surface area contributed by atoms with Gasteiger partial charge in [-0.15, -0.1) is 0 Å². The van der Waals surface area contributed by atoms with Gasteiger partial charge in [0.25, 0.3) is 0 Å². The van der Waals surface area contributed by atoms with Gasteiger partial charge in [-0.3, -0.25) is 0 Å². The fourth-order valence-corrected chi connectivity index (χ4v) is 2.20. The van der Waals surface area contributed by atoms with Gasteiger partial charge in [-0.1, -0.05) is 18.2 Å². The Labute approximate surface area is 115 Å². The van der Waals surface area contributed by atoms with Crippen LogP contribution >= 0.6 is 0 Å². The molecule has 2 rings (SSSR count). The first-order valence-electron chi connectivity index (χ1n) is 6.14. The Morgan fingerprint density at radius 2 is 1.80 bits per heavy atom. The number of nitrogens with zero attached hydrogens (tertiary/aromatic N) is 2. The summed E-state index contributed by atoms with van der Waals surface area (Å²) in [4.78, 5) is 10.8. The number of benzene rings is 1. The third kappa shape index (κ3) is 2.43. The van der Waals surface area contributed by atoms with Gasteiger partial charge in [-0.25, -0.2) is 9.48 Å². The Hall–Kier alpha value is -2.18. The molecule has 6 nitrogen and oxygen atoms in total. The lowest BCUT2D eigenvalue weighted by Crippen LogP contribution is -2.28. The summed E-state index contributed by atoms with van der Waals surface area (Å²) in [5.41, 5.74) is 2.22. The van der Waals surface area contributed by atoms with Gasteiger partial charge >= 0.3 is 5.97 Å². The number of aliphatic hydroxyl groups excluding tert-OH is 2. The zero-order chi connectivity index (χ0) is 14.9. The summed E-state index contributed by atoms with van der Waals surface area (Å²) >= 11 is 0. The van der Waals surface area contributed by atoms with Crippen molar-refractivity contribution in [2.75, 3.05) is 0 Å². The van der Waals surface area contributed by atoms with Gasteiger partial charge in [0.2, 0.25) is 0 Å². The van der Waals surface area contributed by atoms with E-state index in [1.54, 1.807) is 18.5 Å². The summed E-state index contributed by atoms with van der Waals surface area (Å²) in [7, 11) is 0. The fourth-order valence-electron chi connectivity index (χ4n) is 2.20. The van der Waals surface area contributed by atoms with E-state index < -0.39 is 18.2 Å². The molecule has 0 fully saturated rings. The average Bonchev–Trinajstić information content (AvgIpc) is 2.73. The highest BCUT2D eigenvalue weighted by molar-refractivity contribution is 5.73. The van der Waals surface area contributed by atoms with Gasteiger partial charge in [-0.2, -0.15) is 5.10 Å². The van der Waals surface area contributed by atoms with Crippen LogP contribution in [0.2, 0.25) is 0 Å². The van der Waals surface area contributed by atoms with E-state index >= 15 is 0 Å². The number of aliphatic hydroxyl groups is 2. The Bertz CT molecular complexity index is 622. The van der Waals surface area contributed by atoms with Crippen molar-refractivity contribution in [3.63, 3.8) is 0 Å². The van der Waals surface area contributed by atoms with Crippen LogP contribution in [0.3, 0.4) is 0 Å². The first kappa shape index (κ1) is 14.2. The standard InChI is InChI=1S/C14H16N2O4/c1-8-11(12(17)13(18)14(19)20)9(2)16(15-8)10-6-4-3-5-7-10/h3-7,12-13,17-18H,1-2H3,(H,19,20). The van der Waals surface area contributed by atoms with E-state index in [4.69, 9.17) is 5.11 Å². The first-order valence-corrected chi connectivity index (χ1v) is 6.14. The Kier molecular flexibility index (Phi) is 3.87. The van der Waals surface area contributed by atoms with Crippen molar-refractivity contribution in [2.45, 2.75) is 26.1 Å². The van der Waals surface area contributed by atoms with Crippen LogP contribution in [0, 0.1) is 13.8 Å². The van der Waals surface area contributed by atoms with Crippen molar-refractivity contribution in [3.8, 4) is 5.69 Å². The van der Waals surface area contributed by atoms with E-state index in [1.165, 1.54) is 0 Å². The number of hydrogen-bond acceptors (Lipinski definition) is 4. The van der Waals surface area contributed by atoms with Gasteiger partial charge in [0, 0.05) is 11.3 Å². The molecular weight excluding hydrogens is 260 g/mol. The third-order valence-corrected chi connectivity index (χ3v) is 3.20. The van der Waals surface area contributed by atoms with Crippen molar-refractivity contribution in [3.05, 3.63) is 47.3 Å². The summed E-state index contributed by atoms with van der Waals surface area (Å²) < 4.78 is 1.61. The van der Waals surface area contributed by atoms with Crippen LogP contribution in [0.15, 0.2) is 30.3 Å². The van der Waals surface area contributed by atoms with Crippen molar-refractivity contribution in [2.24, 2.45) is 0 Å². The number of carbonyl (C=O) groups is 1. The second-order valence-electron chi connectivity index (χ2n) is 4.56. The molecule has 0 spiro atoms. The highest BCUT2D eigenvalue weighted by atomic mass is 16.4. The molecule has 106 valence electrons. The Morgan fingerprint density at radius 1 is 1.20 bits per heavy atom. The van der Waals surface area contributed by atoms with Crippen LogP contribution in [-0.2, 0) is 4.79 Å². The Morgan fingerprint density at radius 3 is 2.35 bits per heavy atom. The first-order chi connectivity index (χ1) is 9.43. The molecule has 1 aromatic heterocycles. The van der Waals surface area contributed by atoms with Crippen LogP contribution < -0.4 is 0 Å². The van der Waals surface area contributed by atoms with Crippen LogP contribution in [0.4, 0.5) is 0 Å². The molecule has 6 heteroatoms. The molecule has 2 aromatic rings.